The summed E-state index contributed by atoms with van der Waals surface area (Å²) in [4.78, 5) is 11.6. The van der Waals surface area contributed by atoms with Crippen LogP contribution in [0.1, 0.15) is 0 Å². The van der Waals surface area contributed by atoms with E-state index in [0.29, 0.717) is 5.75 Å². The van der Waals surface area contributed by atoms with Crippen molar-refractivity contribution in [3.63, 3.8) is 0 Å². The Balaban J connectivity index is 2.75. The Morgan fingerprint density at radius 2 is 2.18 bits per heavy atom. The summed E-state index contributed by atoms with van der Waals surface area (Å²) in [6.07, 6.45) is 0. The van der Waals surface area contributed by atoms with E-state index in [2.05, 4.69) is 5.10 Å². The lowest BCUT2D eigenvalue weighted by Crippen LogP contribution is -2.04. The van der Waals surface area contributed by atoms with Crippen LogP contribution in [0.3, 0.4) is 0 Å². The van der Waals surface area contributed by atoms with Crippen LogP contribution >= 0.6 is 0 Å². The van der Waals surface area contributed by atoms with E-state index >= 15 is 0 Å². The highest BCUT2D eigenvalue weighted by atomic mass is 19.1. The summed E-state index contributed by atoms with van der Waals surface area (Å²) in [7, 11) is 2.89. The van der Waals surface area contributed by atoms with Crippen LogP contribution in [0.4, 0.5) is 4.39 Å². The summed E-state index contributed by atoms with van der Waals surface area (Å²) >= 11 is 0. The van der Waals surface area contributed by atoms with Crippen molar-refractivity contribution in [2.75, 3.05) is 7.11 Å². The molecule has 1 aromatic heterocycles. The molecule has 0 spiro atoms. The largest absolute Gasteiger partial charge is 0.496 e. The number of hydrogen-bond acceptors (Lipinski definition) is 3. The highest BCUT2D eigenvalue weighted by Gasteiger charge is 2.18. The molecule has 1 aromatic carbocycles. The Morgan fingerprint density at radius 3 is 2.71 bits per heavy atom. The second kappa shape index (κ2) is 3.97. The molecular formula is C11H11FN2O3. The summed E-state index contributed by atoms with van der Waals surface area (Å²) in [5.74, 6) is -0.458. The van der Waals surface area contributed by atoms with Crippen molar-refractivity contribution in [3.8, 4) is 22.8 Å². The fourth-order valence-electron chi connectivity index (χ4n) is 1.65. The van der Waals surface area contributed by atoms with Gasteiger partial charge < -0.3 is 9.84 Å². The average molecular weight is 238 g/mol. The molecule has 0 aliphatic rings. The number of H-pyrrole nitrogens is 1. The third-order valence-corrected chi connectivity index (χ3v) is 2.47. The molecule has 0 radical (unpaired) electrons. The van der Waals surface area contributed by atoms with Crippen LogP contribution in [-0.4, -0.2) is 22.0 Å². The van der Waals surface area contributed by atoms with Gasteiger partial charge in [0.05, 0.1) is 7.11 Å². The van der Waals surface area contributed by atoms with Crippen molar-refractivity contribution in [2.24, 2.45) is 7.05 Å². The molecule has 0 unspecified atom stereocenters. The topological polar surface area (TPSA) is 67.2 Å². The lowest BCUT2D eigenvalue weighted by Gasteiger charge is -2.06. The van der Waals surface area contributed by atoms with Gasteiger partial charge in [-0.2, -0.15) is 0 Å². The molecule has 6 heteroatoms. The van der Waals surface area contributed by atoms with E-state index in [0.717, 1.165) is 10.7 Å². The van der Waals surface area contributed by atoms with Gasteiger partial charge in [0, 0.05) is 12.6 Å². The lowest BCUT2D eigenvalue weighted by atomic mass is 10.1. The summed E-state index contributed by atoms with van der Waals surface area (Å²) in [6, 6.07) is 3.76. The molecular weight excluding hydrogens is 227 g/mol. The number of rotatable bonds is 2. The minimum atomic E-state index is -0.511. The standard InChI is InChI=1S/C11H11FN2O3/c1-14-11(16)9(10(15)13-14)7-5-6(12)3-4-8(7)17-2/h3-5,16H,1-2H3,(H,13,15). The van der Waals surface area contributed by atoms with Crippen molar-refractivity contribution in [1.29, 1.82) is 0 Å². The Bertz CT molecular complexity index is 616. The van der Waals surface area contributed by atoms with Gasteiger partial charge in [-0.1, -0.05) is 0 Å². The number of aromatic amines is 1. The van der Waals surface area contributed by atoms with Crippen LogP contribution in [0.2, 0.25) is 0 Å². The second-order valence-electron chi connectivity index (χ2n) is 3.54. The van der Waals surface area contributed by atoms with Gasteiger partial charge in [-0.3, -0.25) is 14.6 Å². The average Bonchev–Trinajstić information content (AvgIpc) is 2.53. The molecule has 0 saturated carbocycles. The van der Waals surface area contributed by atoms with Crippen molar-refractivity contribution < 1.29 is 14.2 Å². The maximum absolute atomic E-state index is 13.2. The first kappa shape index (κ1) is 11.3. The minimum absolute atomic E-state index is 0.0103. The number of hydrogen-bond donors (Lipinski definition) is 2. The Morgan fingerprint density at radius 1 is 1.47 bits per heavy atom. The molecule has 1 heterocycles. The van der Waals surface area contributed by atoms with Gasteiger partial charge in [-0.05, 0) is 18.2 Å². The van der Waals surface area contributed by atoms with Gasteiger partial charge in [-0.25, -0.2) is 4.39 Å². The first-order valence-corrected chi connectivity index (χ1v) is 4.86. The summed E-state index contributed by atoms with van der Waals surface area (Å²) in [5, 5.41) is 12.1. The number of aryl methyl sites for hydroxylation is 1. The number of nitrogens with one attached hydrogen (secondary N) is 1. The number of benzene rings is 1. The smallest absolute Gasteiger partial charge is 0.276 e. The maximum Gasteiger partial charge on any atom is 0.276 e. The van der Waals surface area contributed by atoms with Crippen molar-refractivity contribution in [1.82, 2.24) is 9.78 Å². The molecule has 17 heavy (non-hydrogen) atoms. The molecule has 2 aromatic rings. The molecule has 0 atom stereocenters. The van der Waals surface area contributed by atoms with Crippen LogP contribution in [0.15, 0.2) is 23.0 Å². The van der Waals surface area contributed by atoms with Crippen LogP contribution in [0.25, 0.3) is 11.1 Å². The predicted molar refractivity (Wildman–Crippen MR) is 59.6 cm³/mol. The van der Waals surface area contributed by atoms with Crippen LogP contribution < -0.4 is 10.3 Å². The summed E-state index contributed by atoms with van der Waals surface area (Å²) < 4.78 is 19.4. The first-order valence-electron chi connectivity index (χ1n) is 4.86. The number of methoxy groups -OCH3 is 1. The molecule has 0 aliphatic heterocycles. The zero-order valence-electron chi connectivity index (χ0n) is 9.32. The molecule has 90 valence electrons. The van der Waals surface area contributed by atoms with E-state index in [1.165, 1.54) is 26.3 Å². The third kappa shape index (κ3) is 1.77. The van der Waals surface area contributed by atoms with E-state index in [9.17, 15) is 14.3 Å². The fraction of sp³-hybridized carbons (Fsp3) is 0.182. The predicted octanol–water partition coefficient (Wildman–Crippen LogP) is 1.23. The van der Waals surface area contributed by atoms with Crippen LogP contribution in [0.5, 0.6) is 11.6 Å². The number of halogens is 1. The minimum Gasteiger partial charge on any atom is -0.496 e. The van der Waals surface area contributed by atoms with Gasteiger partial charge in [0.15, 0.2) is 0 Å². The molecule has 0 saturated heterocycles. The molecule has 0 bridgehead atoms. The fourth-order valence-corrected chi connectivity index (χ4v) is 1.65. The zero-order valence-corrected chi connectivity index (χ0v) is 9.32. The number of ether oxygens (including phenoxy) is 1. The summed E-state index contributed by atoms with van der Waals surface area (Å²) in [5.41, 5.74) is -0.301. The van der Waals surface area contributed by atoms with Crippen LogP contribution in [0, 0.1) is 5.82 Å². The first-order chi connectivity index (χ1) is 8.04. The third-order valence-electron chi connectivity index (χ3n) is 2.47. The highest BCUT2D eigenvalue weighted by Crippen LogP contribution is 2.33. The second-order valence-corrected chi connectivity index (χ2v) is 3.54. The number of aromatic nitrogens is 2. The van der Waals surface area contributed by atoms with Gasteiger partial charge in [0.1, 0.15) is 17.1 Å². The lowest BCUT2D eigenvalue weighted by molar-refractivity contribution is 0.411. The Labute approximate surface area is 96.1 Å². The van der Waals surface area contributed by atoms with E-state index in [1.54, 1.807) is 0 Å². The molecule has 2 rings (SSSR count). The van der Waals surface area contributed by atoms with Gasteiger partial charge in [0.2, 0.25) is 5.88 Å². The highest BCUT2D eigenvalue weighted by molar-refractivity contribution is 5.73. The van der Waals surface area contributed by atoms with Crippen molar-refractivity contribution >= 4 is 0 Å². The van der Waals surface area contributed by atoms with E-state index in [4.69, 9.17) is 4.74 Å². The van der Waals surface area contributed by atoms with Crippen molar-refractivity contribution in [2.45, 2.75) is 0 Å². The van der Waals surface area contributed by atoms with Gasteiger partial charge >= 0.3 is 0 Å². The molecule has 0 aliphatic carbocycles. The van der Waals surface area contributed by atoms with Crippen LogP contribution in [-0.2, 0) is 7.05 Å². The van der Waals surface area contributed by atoms with E-state index in [1.807, 2.05) is 0 Å². The van der Waals surface area contributed by atoms with Gasteiger partial charge in [0.25, 0.3) is 5.56 Å². The molecule has 0 amide bonds. The monoisotopic (exact) mass is 238 g/mol. The zero-order chi connectivity index (χ0) is 12.6. The Hall–Kier alpha value is -2.24. The molecule has 5 nitrogen and oxygen atoms in total. The van der Waals surface area contributed by atoms with Crippen molar-refractivity contribution in [3.05, 3.63) is 34.4 Å². The van der Waals surface area contributed by atoms with Gasteiger partial charge in [-0.15, -0.1) is 0 Å². The normalized spacial score (nSPS) is 10.5. The molecule has 2 N–H and O–H groups in total. The number of aromatic hydroxyl groups is 1. The summed E-state index contributed by atoms with van der Waals surface area (Å²) in [6.45, 7) is 0. The maximum atomic E-state index is 13.2. The number of nitrogens with zero attached hydrogens (tertiary/aromatic N) is 1. The quantitative estimate of drug-likeness (QED) is 0.827. The Kier molecular flexibility index (Phi) is 2.63. The SMILES string of the molecule is COc1ccc(F)cc1-c1c(O)n(C)[nH]c1=O. The molecule has 0 fully saturated rings. The van der Waals surface area contributed by atoms with E-state index < -0.39 is 11.4 Å². The van der Waals surface area contributed by atoms with E-state index in [-0.39, 0.29) is 17.0 Å².